The minimum Gasteiger partial charge on any atom is -1.00 e. The Morgan fingerprint density at radius 3 is 1.72 bits per heavy atom. The first-order valence-corrected chi connectivity index (χ1v) is 15.5. The van der Waals surface area contributed by atoms with E-state index in [-0.39, 0.29) is 22.9 Å². The molecule has 0 aliphatic carbocycles. The summed E-state index contributed by atoms with van der Waals surface area (Å²) in [5.41, 5.74) is 7.03. The van der Waals surface area contributed by atoms with Gasteiger partial charge in [0.1, 0.15) is 16.9 Å². The highest BCUT2D eigenvalue weighted by Crippen LogP contribution is 2.45. The van der Waals surface area contributed by atoms with Crippen LogP contribution < -0.4 is 26.5 Å². The lowest BCUT2D eigenvalue weighted by molar-refractivity contribution is -0.918. The molecule has 4 nitrogen and oxygen atoms in total. The van der Waals surface area contributed by atoms with Gasteiger partial charge in [0.05, 0.1) is 45.5 Å². The first kappa shape index (κ1) is 29.5. The zero-order valence-electron chi connectivity index (χ0n) is 24.7. The first-order valence-electron chi connectivity index (χ1n) is 15.5. The van der Waals surface area contributed by atoms with Crippen molar-refractivity contribution in [2.75, 3.05) is 39.4 Å². The van der Waals surface area contributed by atoms with Crippen LogP contribution >= 0.6 is 0 Å². The van der Waals surface area contributed by atoms with Crippen molar-refractivity contribution in [3.05, 3.63) is 130 Å². The molecule has 1 saturated heterocycles. The van der Waals surface area contributed by atoms with Gasteiger partial charge in [0.15, 0.2) is 0 Å². The number of hydrogen-bond acceptors (Lipinski definition) is 3. The normalized spacial score (nSPS) is 18.1. The largest absolute Gasteiger partial charge is 1.00 e. The molecule has 220 valence electrons. The minimum atomic E-state index is -0.668. The Hall–Kier alpha value is -3.59. The van der Waals surface area contributed by atoms with Gasteiger partial charge in [-0.15, -0.1) is 0 Å². The molecule has 4 aromatic rings. The Labute approximate surface area is 266 Å². The Bertz CT molecular complexity index is 1500. The molecule has 3 aliphatic heterocycles. The molecule has 0 N–H and O–H groups in total. The van der Waals surface area contributed by atoms with Crippen molar-refractivity contribution in [2.24, 2.45) is 5.92 Å². The number of quaternary nitrogens is 1. The fourth-order valence-electron chi connectivity index (χ4n) is 7.74. The number of ether oxygens (including phenoxy) is 2. The summed E-state index contributed by atoms with van der Waals surface area (Å²) < 4.78 is 12.6. The summed E-state index contributed by atoms with van der Waals surface area (Å²) in [6.07, 6.45) is 5.12. The van der Waals surface area contributed by atoms with E-state index in [9.17, 15) is 5.26 Å². The molecule has 5 heteroatoms. The number of fused-ring (bicyclic) bond motifs is 2. The van der Waals surface area contributed by atoms with Crippen molar-refractivity contribution < 1.29 is 30.9 Å². The molecule has 1 fully saturated rings. The van der Waals surface area contributed by atoms with Crippen LogP contribution in [0.15, 0.2) is 97.1 Å². The molecule has 0 aromatic heterocycles. The van der Waals surface area contributed by atoms with Crippen molar-refractivity contribution in [1.29, 1.82) is 5.26 Å². The van der Waals surface area contributed by atoms with E-state index in [0.29, 0.717) is 0 Å². The van der Waals surface area contributed by atoms with Gasteiger partial charge in [0, 0.05) is 38.0 Å². The van der Waals surface area contributed by atoms with Crippen molar-refractivity contribution in [3.8, 4) is 17.6 Å². The lowest BCUT2D eigenvalue weighted by atomic mass is 9.66. The summed E-state index contributed by atoms with van der Waals surface area (Å²) in [7, 11) is 0. The maximum Gasteiger partial charge on any atom is 0.122 e. The molecular formula is C38H39BrN2O2. The topological polar surface area (TPSA) is 42.2 Å². The molecule has 0 spiro atoms. The Morgan fingerprint density at radius 1 is 0.721 bits per heavy atom. The zero-order valence-corrected chi connectivity index (χ0v) is 26.3. The first-order chi connectivity index (χ1) is 20.7. The number of benzene rings is 4. The van der Waals surface area contributed by atoms with E-state index in [0.717, 1.165) is 98.6 Å². The van der Waals surface area contributed by atoms with Gasteiger partial charge in [-0.05, 0) is 45.5 Å². The molecule has 0 saturated carbocycles. The van der Waals surface area contributed by atoms with Gasteiger partial charge in [0.25, 0.3) is 0 Å². The van der Waals surface area contributed by atoms with Crippen molar-refractivity contribution in [2.45, 2.75) is 37.5 Å². The molecule has 43 heavy (non-hydrogen) atoms. The summed E-state index contributed by atoms with van der Waals surface area (Å²) in [5.74, 6) is 2.33. The van der Waals surface area contributed by atoms with Crippen LogP contribution in [0, 0.1) is 17.2 Å². The molecule has 4 aromatic carbocycles. The van der Waals surface area contributed by atoms with E-state index < -0.39 is 5.41 Å². The Kier molecular flexibility index (Phi) is 8.61. The van der Waals surface area contributed by atoms with E-state index in [2.05, 4.69) is 103 Å². The van der Waals surface area contributed by atoms with Crippen molar-refractivity contribution >= 4 is 0 Å². The third kappa shape index (κ3) is 5.71. The van der Waals surface area contributed by atoms with Gasteiger partial charge in [-0.3, -0.25) is 0 Å². The van der Waals surface area contributed by atoms with Crippen LogP contribution in [0.25, 0.3) is 0 Å². The average molecular weight is 636 g/mol. The summed E-state index contributed by atoms with van der Waals surface area (Å²) in [6.45, 7) is 5.84. The number of halogens is 1. The maximum absolute atomic E-state index is 11.0. The van der Waals surface area contributed by atoms with Crippen molar-refractivity contribution in [1.82, 2.24) is 0 Å². The van der Waals surface area contributed by atoms with Gasteiger partial charge in [-0.25, -0.2) is 0 Å². The number of hydrogen-bond donors (Lipinski definition) is 0. The average Bonchev–Trinajstić information content (AvgIpc) is 3.81. The monoisotopic (exact) mass is 634 g/mol. The molecule has 0 bridgehead atoms. The Morgan fingerprint density at radius 2 is 1.23 bits per heavy atom. The molecule has 3 heterocycles. The second-order valence-corrected chi connectivity index (χ2v) is 12.4. The summed E-state index contributed by atoms with van der Waals surface area (Å²) in [6, 6.07) is 37.5. The summed E-state index contributed by atoms with van der Waals surface area (Å²) in [5, 5.41) is 11.0. The highest BCUT2D eigenvalue weighted by atomic mass is 79.9. The third-order valence-electron chi connectivity index (χ3n) is 10.1. The molecule has 0 radical (unpaired) electrons. The van der Waals surface area contributed by atoms with Gasteiger partial charge in [-0.1, -0.05) is 84.9 Å². The maximum atomic E-state index is 11.0. The van der Waals surface area contributed by atoms with E-state index >= 15 is 0 Å². The van der Waals surface area contributed by atoms with Crippen LogP contribution in [0.5, 0.6) is 11.5 Å². The lowest BCUT2D eigenvalue weighted by Crippen LogP contribution is -3.00. The quantitative estimate of drug-likeness (QED) is 0.264. The number of nitrogens with zero attached hydrogens (tertiary/aromatic N) is 2. The lowest BCUT2D eigenvalue weighted by Gasteiger charge is -2.38. The van der Waals surface area contributed by atoms with E-state index in [1.807, 2.05) is 0 Å². The van der Waals surface area contributed by atoms with Crippen LogP contribution in [0.3, 0.4) is 0 Å². The third-order valence-corrected chi connectivity index (χ3v) is 10.1. The number of likely N-dealkylation sites (tertiary alicyclic amines) is 1. The fourth-order valence-corrected chi connectivity index (χ4v) is 7.74. The standard InChI is InChI=1S/C38H39N2O2.BrH/c39-28-38(33-7-3-1-4-8-33,34-9-5-2-6-10-34)35-17-22-40(27-35,20-15-29-11-13-36-31(25-29)18-23-41-36)21-16-30-12-14-37-32(26-30)19-24-42-37;/h1-14,25-26,35H,15-24,27H2;1H/q+1;/p-1/t35-;/m1./s1. The molecule has 3 aliphatic rings. The molecule has 0 unspecified atom stereocenters. The highest BCUT2D eigenvalue weighted by Gasteiger charge is 2.51. The second kappa shape index (κ2) is 12.6. The molecular weight excluding hydrogens is 596 g/mol. The second-order valence-electron chi connectivity index (χ2n) is 12.4. The number of nitriles is 1. The van der Waals surface area contributed by atoms with Crippen LogP contribution in [0.4, 0.5) is 0 Å². The number of rotatable bonds is 9. The van der Waals surface area contributed by atoms with Gasteiger partial charge in [-0.2, -0.15) is 5.26 Å². The highest BCUT2D eigenvalue weighted by molar-refractivity contribution is 5.47. The zero-order chi connectivity index (χ0) is 28.4. The SMILES string of the molecule is N#CC(c1ccccc1)(c1ccccc1)[C@@H]1CC[N+](CCc2ccc3c(c2)CCO3)(CCc2ccc3c(c2)CCO3)C1.[Br-]. The molecule has 7 rings (SSSR count). The van der Waals surface area contributed by atoms with E-state index in [1.165, 1.54) is 22.3 Å². The van der Waals surface area contributed by atoms with E-state index in [4.69, 9.17) is 9.47 Å². The predicted molar refractivity (Wildman–Crippen MR) is 166 cm³/mol. The van der Waals surface area contributed by atoms with Crippen LogP contribution in [0.1, 0.15) is 39.8 Å². The van der Waals surface area contributed by atoms with Crippen molar-refractivity contribution in [3.63, 3.8) is 0 Å². The van der Waals surface area contributed by atoms with E-state index in [1.54, 1.807) is 0 Å². The Balaban J connectivity index is 0.00000329. The summed E-state index contributed by atoms with van der Waals surface area (Å²) >= 11 is 0. The molecule has 0 amide bonds. The summed E-state index contributed by atoms with van der Waals surface area (Å²) in [4.78, 5) is 0. The van der Waals surface area contributed by atoms with Crippen LogP contribution in [0.2, 0.25) is 0 Å². The predicted octanol–water partition coefficient (Wildman–Crippen LogP) is 3.69. The fraction of sp³-hybridized carbons (Fsp3) is 0.342. The van der Waals surface area contributed by atoms with Gasteiger partial charge < -0.3 is 30.9 Å². The molecule has 1 atom stereocenters. The van der Waals surface area contributed by atoms with Gasteiger partial charge >= 0.3 is 0 Å². The smallest absolute Gasteiger partial charge is 0.122 e. The van der Waals surface area contributed by atoms with Crippen LogP contribution in [-0.4, -0.2) is 43.9 Å². The van der Waals surface area contributed by atoms with Crippen LogP contribution in [-0.2, 0) is 31.1 Å². The van der Waals surface area contributed by atoms with Gasteiger partial charge in [0.2, 0.25) is 0 Å². The minimum absolute atomic E-state index is 0.